The summed E-state index contributed by atoms with van der Waals surface area (Å²) in [7, 11) is 0. The molecule has 1 aliphatic heterocycles. The molecule has 7 nitrogen and oxygen atoms in total. The number of ether oxygens (including phenoxy) is 1. The zero-order chi connectivity index (χ0) is 29.0. The van der Waals surface area contributed by atoms with Crippen LogP contribution in [0.5, 0.6) is 0 Å². The molecule has 4 rings (SSSR count). The summed E-state index contributed by atoms with van der Waals surface area (Å²) in [4.78, 5) is 41.9. The summed E-state index contributed by atoms with van der Waals surface area (Å²) in [6, 6.07) is 17.0. The van der Waals surface area contributed by atoms with Gasteiger partial charge in [0.1, 0.15) is 17.5 Å². The Kier molecular flexibility index (Phi) is 9.05. The molecule has 3 aromatic rings. The second-order valence-corrected chi connectivity index (χ2v) is 12.0. The zero-order valence-corrected chi connectivity index (χ0v) is 24.2. The fraction of sp³-hybridized carbons (Fsp3) is 0.300. The number of anilines is 1. The van der Waals surface area contributed by atoms with Gasteiger partial charge in [0.25, 0.3) is 11.8 Å². The molecule has 0 fully saturated rings. The first-order valence-corrected chi connectivity index (χ1v) is 14.1. The summed E-state index contributed by atoms with van der Waals surface area (Å²) in [6.07, 6.45) is -0.682. The molecule has 3 aromatic carbocycles. The fourth-order valence-corrected chi connectivity index (χ4v) is 5.33. The number of carbonyl (C=O) groups excluding carboxylic acids is 3. The molecule has 10 heteroatoms. The van der Waals surface area contributed by atoms with E-state index in [-0.39, 0.29) is 36.0 Å². The van der Waals surface area contributed by atoms with E-state index in [2.05, 4.69) is 10.6 Å². The first kappa shape index (κ1) is 29.4. The van der Waals surface area contributed by atoms with E-state index in [1.165, 1.54) is 23.9 Å². The van der Waals surface area contributed by atoms with Gasteiger partial charge in [-0.1, -0.05) is 35.9 Å². The highest BCUT2D eigenvalue weighted by molar-refractivity contribution is 7.99. The molecule has 3 amide bonds. The molecule has 2 N–H and O–H groups in total. The lowest BCUT2D eigenvalue weighted by Gasteiger charge is -2.27. The lowest BCUT2D eigenvalue weighted by molar-refractivity contribution is -0.120. The average molecular weight is 584 g/mol. The van der Waals surface area contributed by atoms with Crippen LogP contribution in [-0.2, 0) is 16.1 Å². The van der Waals surface area contributed by atoms with E-state index in [4.69, 9.17) is 16.3 Å². The Morgan fingerprint density at radius 2 is 1.77 bits per heavy atom. The number of nitrogens with zero attached hydrogens (tertiary/aromatic N) is 1. The average Bonchev–Trinajstić information content (AvgIpc) is 3.01. The lowest BCUT2D eigenvalue weighted by Crippen LogP contribution is -2.50. The van der Waals surface area contributed by atoms with Crippen molar-refractivity contribution in [1.29, 1.82) is 0 Å². The standard InChI is InChI=1S/C30H31ClFN3O4S/c1-18(20-7-12-23(32)13-8-20)33-27(36)21-9-14-26-25(15-21)35(16-19-5-10-22(31)11-6-19)28(37)24(17-40-26)34-29(38)39-30(2,3)4/h5-15,18,24H,16-17H2,1-4H3,(H,33,36)(H,34,38)/t18-,24+/m1/s1. The molecule has 40 heavy (non-hydrogen) atoms. The van der Waals surface area contributed by atoms with Gasteiger partial charge in [-0.2, -0.15) is 0 Å². The minimum atomic E-state index is -0.852. The fourth-order valence-electron chi connectivity index (χ4n) is 4.15. The van der Waals surface area contributed by atoms with Gasteiger partial charge >= 0.3 is 6.09 Å². The number of hydrogen-bond acceptors (Lipinski definition) is 5. The highest BCUT2D eigenvalue weighted by Crippen LogP contribution is 2.36. The molecule has 0 bridgehead atoms. The molecule has 0 spiro atoms. The molecular formula is C30H31ClFN3O4S. The molecule has 0 aliphatic carbocycles. The topological polar surface area (TPSA) is 87.7 Å². The Balaban J connectivity index is 1.62. The number of benzene rings is 3. The Bertz CT molecular complexity index is 1390. The van der Waals surface area contributed by atoms with Gasteiger partial charge < -0.3 is 20.3 Å². The Hall–Kier alpha value is -3.56. The molecule has 1 heterocycles. The number of amides is 3. The van der Waals surface area contributed by atoms with Crippen LogP contribution < -0.4 is 15.5 Å². The minimum absolute atomic E-state index is 0.202. The Morgan fingerprint density at radius 3 is 2.42 bits per heavy atom. The van der Waals surface area contributed by atoms with Crippen molar-refractivity contribution in [3.05, 3.63) is 94.3 Å². The lowest BCUT2D eigenvalue weighted by atomic mass is 10.1. The summed E-state index contributed by atoms with van der Waals surface area (Å²) in [6.45, 7) is 7.27. The van der Waals surface area contributed by atoms with Crippen molar-refractivity contribution >= 4 is 47.0 Å². The minimum Gasteiger partial charge on any atom is -0.444 e. The molecule has 0 aromatic heterocycles. The highest BCUT2D eigenvalue weighted by atomic mass is 35.5. The molecule has 0 unspecified atom stereocenters. The number of fused-ring (bicyclic) bond motifs is 1. The third-order valence-electron chi connectivity index (χ3n) is 6.14. The van der Waals surface area contributed by atoms with Gasteiger partial charge in [-0.05, 0) is 81.3 Å². The van der Waals surface area contributed by atoms with Crippen LogP contribution in [0.4, 0.5) is 14.9 Å². The van der Waals surface area contributed by atoms with Crippen LogP contribution in [-0.4, -0.2) is 35.3 Å². The normalized spacial score (nSPS) is 16.0. The van der Waals surface area contributed by atoms with Crippen molar-refractivity contribution in [3.8, 4) is 0 Å². The van der Waals surface area contributed by atoms with Crippen LogP contribution in [0.15, 0.2) is 71.6 Å². The molecule has 0 saturated carbocycles. The van der Waals surface area contributed by atoms with Crippen molar-refractivity contribution in [2.45, 2.75) is 56.8 Å². The molecular weight excluding hydrogens is 553 g/mol. The third kappa shape index (κ3) is 7.55. The smallest absolute Gasteiger partial charge is 0.408 e. The Morgan fingerprint density at radius 1 is 1.10 bits per heavy atom. The van der Waals surface area contributed by atoms with Crippen molar-refractivity contribution < 1.29 is 23.5 Å². The van der Waals surface area contributed by atoms with Crippen molar-refractivity contribution in [1.82, 2.24) is 10.6 Å². The predicted molar refractivity (Wildman–Crippen MR) is 155 cm³/mol. The molecule has 2 atom stereocenters. The van der Waals surface area contributed by atoms with Gasteiger partial charge in [0.05, 0.1) is 18.3 Å². The van der Waals surface area contributed by atoms with Gasteiger partial charge in [0.15, 0.2) is 0 Å². The van der Waals surface area contributed by atoms with E-state index in [0.717, 1.165) is 16.0 Å². The summed E-state index contributed by atoms with van der Waals surface area (Å²) in [5, 5.41) is 6.21. The van der Waals surface area contributed by atoms with Gasteiger partial charge in [-0.25, -0.2) is 9.18 Å². The van der Waals surface area contributed by atoms with Gasteiger partial charge in [0.2, 0.25) is 0 Å². The van der Waals surface area contributed by atoms with E-state index >= 15 is 0 Å². The maximum atomic E-state index is 13.8. The highest BCUT2D eigenvalue weighted by Gasteiger charge is 2.33. The largest absolute Gasteiger partial charge is 0.444 e. The monoisotopic (exact) mass is 583 g/mol. The van der Waals surface area contributed by atoms with E-state index < -0.39 is 17.7 Å². The van der Waals surface area contributed by atoms with Gasteiger partial charge in [-0.15, -0.1) is 11.8 Å². The molecule has 1 aliphatic rings. The van der Waals surface area contributed by atoms with Crippen molar-refractivity contribution in [2.24, 2.45) is 0 Å². The van der Waals surface area contributed by atoms with Crippen LogP contribution in [0.25, 0.3) is 0 Å². The summed E-state index contributed by atoms with van der Waals surface area (Å²) in [5.74, 6) is -0.731. The SMILES string of the molecule is C[C@@H](NC(=O)c1ccc2c(c1)N(Cc1ccc(Cl)cc1)C(=O)[C@@H](NC(=O)OC(C)(C)C)CS2)c1ccc(F)cc1. The van der Waals surface area contributed by atoms with Gasteiger partial charge in [-0.3, -0.25) is 9.59 Å². The van der Waals surface area contributed by atoms with Crippen molar-refractivity contribution in [3.63, 3.8) is 0 Å². The van der Waals surface area contributed by atoms with Crippen LogP contribution in [0.3, 0.4) is 0 Å². The Labute approximate surface area is 242 Å². The zero-order valence-electron chi connectivity index (χ0n) is 22.7. The number of thioether (sulfide) groups is 1. The number of carbonyl (C=O) groups is 3. The van der Waals surface area contributed by atoms with Crippen molar-refractivity contribution in [2.75, 3.05) is 10.7 Å². The number of halogens is 2. The van der Waals surface area contributed by atoms with E-state index in [0.29, 0.717) is 16.3 Å². The first-order chi connectivity index (χ1) is 18.9. The first-order valence-electron chi connectivity index (χ1n) is 12.8. The number of alkyl carbamates (subject to hydrolysis) is 1. The number of nitrogens with one attached hydrogen (secondary N) is 2. The molecule has 210 valence electrons. The second kappa shape index (κ2) is 12.3. The maximum absolute atomic E-state index is 13.8. The quantitative estimate of drug-likeness (QED) is 0.346. The summed E-state index contributed by atoms with van der Waals surface area (Å²) >= 11 is 7.47. The van der Waals surface area contributed by atoms with Crippen LogP contribution in [0.2, 0.25) is 5.02 Å². The van der Waals surface area contributed by atoms with E-state index in [1.807, 2.05) is 19.1 Å². The van der Waals surface area contributed by atoms with Crippen LogP contribution in [0, 0.1) is 5.82 Å². The summed E-state index contributed by atoms with van der Waals surface area (Å²) in [5.41, 5.74) is 1.79. The third-order valence-corrected chi connectivity index (χ3v) is 7.55. The molecule has 0 radical (unpaired) electrons. The van der Waals surface area contributed by atoms with Gasteiger partial charge in [0, 0.05) is 21.2 Å². The van der Waals surface area contributed by atoms with Crippen LogP contribution in [0.1, 0.15) is 55.2 Å². The van der Waals surface area contributed by atoms with E-state index in [1.54, 1.807) is 68.1 Å². The number of rotatable bonds is 6. The predicted octanol–water partition coefficient (Wildman–Crippen LogP) is 6.50. The second-order valence-electron chi connectivity index (χ2n) is 10.5. The maximum Gasteiger partial charge on any atom is 0.408 e. The van der Waals surface area contributed by atoms with Crippen LogP contribution >= 0.6 is 23.4 Å². The van der Waals surface area contributed by atoms with E-state index in [9.17, 15) is 18.8 Å². The molecule has 0 saturated heterocycles. The summed E-state index contributed by atoms with van der Waals surface area (Å²) < 4.78 is 18.7. The number of hydrogen-bond donors (Lipinski definition) is 2.